The summed E-state index contributed by atoms with van der Waals surface area (Å²) in [5.41, 5.74) is 1.55. The Bertz CT molecular complexity index is 636. The predicted molar refractivity (Wildman–Crippen MR) is 79.4 cm³/mol. The second kappa shape index (κ2) is 6.52. The number of nitrogens with zero attached hydrogens (tertiary/aromatic N) is 3. The summed E-state index contributed by atoms with van der Waals surface area (Å²) in [7, 11) is 1.83. The van der Waals surface area contributed by atoms with E-state index in [0.717, 1.165) is 12.0 Å². The van der Waals surface area contributed by atoms with Crippen molar-refractivity contribution in [3.05, 3.63) is 53.1 Å². The molecule has 4 nitrogen and oxygen atoms in total. The highest BCUT2D eigenvalue weighted by Crippen LogP contribution is 2.16. The van der Waals surface area contributed by atoms with Crippen molar-refractivity contribution < 1.29 is 9.18 Å². The zero-order valence-electron chi connectivity index (χ0n) is 12.6. The number of carbonyl (C=O) groups excluding carboxylic acids is 1. The van der Waals surface area contributed by atoms with Crippen LogP contribution in [0.3, 0.4) is 0 Å². The molecule has 0 aliphatic heterocycles. The van der Waals surface area contributed by atoms with Crippen LogP contribution < -0.4 is 0 Å². The summed E-state index contributed by atoms with van der Waals surface area (Å²) < 4.78 is 15.8. The Morgan fingerprint density at radius 1 is 1.43 bits per heavy atom. The minimum atomic E-state index is -0.435. The maximum absolute atomic E-state index is 14.1. The lowest BCUT2D eigenvalue weighted by atomic mass is 10.1. The molecule has 0 fully saturated rings. The van der Waals surface area contributed by atoms with Gasteiger partial charge in [-0.15, -0.1) is 0 Å². The zero-order chi connectivity index (χ0) is 15.4. The predicted octanol–water partition coefficient (Wildman–Crippen LogP) is 2.92. The molecule has 21 heavy (non-hydrogen) atoms. The summed E-state index contributed by atoms with van der Waals surface area (Å²) in [5, 5.41) is 4.10. The first-order valence-corrected chi connectivity index (χ1v) is 7.04. The van der Waals surface area contributed by atoms with Crippen molar-refractivity contribution in [1.82, 2.24) is 14.7 Å². The van der Waals surface area contributed by atoms with E-state index in [4.69, 9.17) is 0 Å². The lowest BCUT2D eigenvalue weighted by molar-refractivity contribution is 0.0738. The largest absolute Gasteiger partial charge is 0.334 e. The lowest BCUT2D eigenvalue weighted by Gasteiger charge is -2.22. The van der Waals surface area contributed by atoms with Gasteiger partial charge in [0.1, 0.15) is 5.82 Å². The third-order valence-electron chi connectivity index (χ3n) is 3.33. The van der Waals surface area contributed by atoms with Gasteiger partial charge in [0, 0.05) is 31.9 Å². The van der Waals surface area contributed by atoms with E-state index in [0.29, 0.717) is 18.7 Å². The summed E-state index contributed by atoms with van der Waals surface area (Å²) in [6.07, 6.45) is 4.41. The molecule has 1 heterocycles. The fraction of sp³-hybridized carbons (Fsp3) is 0.375. The Morgan fingerprint density at radius 2 is 2.19 bits per heavy atom. The molecule has 0 atom stereocenters. The van der Waals surface area contributed by atoms with Gasteiger partial charge in [0.2, 0.25) is 0 Å². The van der Waals surface area contributed by atoms with Crippen molar-refractivity contribution in [3.8, 4) is 0 Å². The van der Waals surface area contributed by atoms with Crippen LogP contribution in [0.5, 0.6) is 0 Å². The molecule has 0 saturated carbocycles. The number of hydrogen-bond acceptors (Lipinski definition) is 2. The molecule has 112 valence electrons. The minimum absolute atomic E-state index is 0.132. The van der Waals surface area contributed by atoms with E-state index < -0.39 is 5.82 Å². The molecule has 2 aromatic rings. The summed E-state index contributed by atoms with van der Waals surface area (Å²) in [6.45, 7) is 4.68. The van der Waals surface area contributed by atoms with Crippen LogP contribution in [0.1, 0.15) is 34.8 Å². The number of benzene rings is 1. The van der Waals surface area contributed by atoms with Crippen LogP contribution in [0.4, 0.5) is 4.39 Å². The summed E-state index contributed by atoms with van der Waals surface area (Å²) in [5.74, 6) is -0.711. The number of rotatable bonds is 5. The van der Waals surface area contributed by atoms with Crippen LogP contribution >= 0.6 is 0 Å². The van der Waals surface area contributed by atoms with Crippen molar-refractivity contribution in [2.24, 2.45) is 7.05 Å². The van der Waals surface area contributed by atoms with Crippen LogP contribution in [0, 0.1) is 12.7 Å². The van der Waals surface area contributed by atoms with Crippen molar-refractivity contribution >= 4 is 5.91 Å². The SMILES string of the molecule is CCCN(Cc1cnn(C)c1)C(=O)c1cccc(C)c1F. The Hall–Kier alpha value is -2.17. The number of carbonyl (C=O) groups is 1. The van der Waals surface area contributed by atoms with Gasteiger partial charge >= 0.3 is 0 Å². The van der Waals surface area contributed by atoms with E-state index in [1.165, 1.54) is 6.07 Å². The molecule has 0 bridgehead atoms. The Labute approximate surface area is 124 Å². The Kier molecular flexibility index (Phi) is 4.73. The second-order valence-electron chi connectivity index (χ2n) is 5.19. The van der Waals surface area contributed by atoms with E-state index in [-0.39, 0.29) is 11.5 Å². The van der Waals surface area contributed by atoms with Crippen LogP contribution in [0.25, 0.3) is 0 Å². The molecule has 0 saturated heterocycles. The first kappa shape index (κ1) is 15.2. The maximum atomic E-state index is 14.1. The van der Waals surface area contributed by atoms with Crippen LogP contribution in [0.2, 0.25) is 0 Å². The molecule has 0 aliphatic carbocycles. The number of amides is 1. The quantitative estimate of drug-likeness (QED) is 0.849. The monoisotopic (exact) mass is 289 g/mol. The zero-order valence-corrected chi connectivity index (χ0v) is 12.6. The molecule has 0 radical (unpaired) electrons. The Morgan fingerprint density at radius 3 is 2.81 bits per heavy atom. The van der Waals surface area contributed by atoms with Gasteiger partial charge in [-0.1, -0.05) is 19.1 Å². The fourth-order valence-corrected chi connectivity index (χ4v) is 2.28. The van der Waals surface area contributed by atoms with E-state index in [2.05, 4.69) is 5.10 Å². The first-order chi connectivity index (χ1) is 10.0. The van der Waals surface area contributed by atoms with Gasteiger partial charge < -0.3 is 4.90 Å². The summed E-state index contributed by atoms with van der Waals surface area (Å²) in [6, 6.07) is 4.91. The molecular weight excluding hydrogens is 269 g/mol. The average Bonchev–Trinajstić information content (AvgIpc) is 2.86. The molecule has 1 amide bonds. The van der Waals surface area contributed by atoms with E-state index in [9.17, 15) is 9.18 Å². The van der Waals surface area contributed by atoms with Crippen molar-refractivity contribution in [1.29, 1.82) is 0 Å². The minimum Gasteiger partial charge on any atom is -0.334 e. The smallest absolute Gasteiger partial charge is 0.257 e. The van der Waals surface area contributed by atoms with Gasteiger partial charge in [-0.25, -0.2) is 4.39 Å². The van der Waals surface area contributed by atoms with Crippen molar-refractivity contribution in [3.63, 3.8) is 0 Å². The third-order valence-corrected chi connectivity index (χ3v) is 3.33. The van der Waals surface area contributed by atoms with Gasteiger partial charge in [-0.05, 0) is 25.0 Å². The highest BCUT2D eigenvalue weighted by Gasteiger charge is 2.20. The number of hydrogen-bond donors (Lipinski definition) is 0. The molecule has 1 aromatic carbocycles. The van der Waals surface area contributed by atoms with Gasteiger partial charge in [-0.2, -0.15) is 5.10 Å². The van der Waals surface area contributed by atoms with Crippen molar-refractivity contribution in [2.45, 2.75) is 26.8 Å². The topological polar surface area (TPSA) is 38.1 Å². The van der Waals surface area contributed by atoms with Gasteiger partial charge in [0.05, 0.1) is 11.8 Å². The van der Waals surface area contributed by atoms with E-state index >= 15 is 0 Å². The molecule has 0 unspecified atom stereocenters. The molecule has 2 rings (SSSR count). The maximum Gasteiger partial charge on any atom is 0.257 e. The lowest BCUT2D eigenvalue weighted by Crippen LogP contribution is -2.32. The normalized spacial score (nSPS) is 10.7. The van der Waals surface area contributed by atoms with E-state index in [1.807, 2.05) is 20.2 Å². The van der Waals surface area contributed by atoms with Gasteiger partial charge in [0.25, 0.3) is 5.91 Å². The Balaban J connectivity index is 2.24. The number of halogens is 1. The summed E-state index contributed by atoms with van der Waals surface area (Å²) in [4.78, 5) is 14.2. The number of aryl methyl sites for hydroxylation is 2. The third kappa shape index (κ3) is 3.48. The molecule has 5 heteroatoms. The van der Waals surface area contributed by atoms with Crippen LogP contribution in [-0.2, 0) is 13.6 Å². The summed E-state index contributed by atoms with van der Waals surface area (Å²) >= 11 is 0. The number of aromatic nitrogens is 2. The van der Waals surface area contributed by atoms with Crippen molar-refractivity contribution in [2.75, 3.05) is 6.54 Å². The molecule has 1 aromatic heterocycles. The standard InChI is InChI=1S/C16H20FN3O/c1-4-8-20(11-13-9-18-19(3)10-13)16(21)14-7-5-6-12(2)15(14)17/h5-7,9-10H,4,8,11H2,1-3H3. The van der Waals surface area contributed by atoms with Crippen LogP contribution in [-0.4, -0.2) is 27.1 Å². The second-order valence-corrected chi connectivity index (χ2v) is 5.19. The molecule has 0 spiro atoms. The van der Waals surface area contributed by atoms with Crippen LogP contribution in [0.15, 0.2) is 30.6 Å². The van der Waals surface area contributed by atoms with Gasteiger partial charge in [-0.3, -0.25) is 9.48 Å². The first-order valence-electron chi connectivity index (χ1n) is 7.04. The fourth-order valence-electron chi connectivity index (χ4n) is 2.28. The highest BCUT2D eigenvalue weighted by molar-refractivity contribution is 5.94. The molecular formula is C16H20FN3O. The molecule has 0 N–H and O–H groups in total. The highest BCUT2D eigenvalue weighted by atomic mass is 19.1. The average molecular weight is 289 g/mol. The van der Waals surface area contributed by atoms with E-state index in [1.54, 1.807) is 34.8 Å². The van der Waals surface area contributed by atoms with Gasteiger partial charge in [0.15, 0.2) is 0 Å². The molecule has 0 aliphatic rings.